The summed E-state index contributed by atoms with van der Waals surface area (Å²) in [5, 5.41) is 3.08. The SMILES string of the molecule is C=CC(=O)N1CC(C)(C)Oc2cc(N3CCC4(CC3)C[C@@H](CC(=O)N[C@@H](Cc3ccc(F)c(F)c3)c3ccncn3)c3ccc(F)cc34)ccc21. The second-order valence-corrected chi connectivity index (χ2v) is 14.5. The monoisotopic (exact) mass is 695 g/mol. The molecule has 3 aliphatic rings. The van der Waals surface area contributed by atoms with Crippen LogP contribution < -0.4 is 19.9 Å². The number of ether oxygens (including phenoxy) is 1. The standard InChI is InChI=1S/C40H40F3N5O3/c1-4-38(50)48-23-39(2,3)51-36-21-28(7-10-35(36)48)47-15-12-40(13-16-47)22-26(29-8-6-27(41)20-30(29)40)19-37(49)46-34(33-11-14-44-24-45-33)18-25-5-9-31(42)32(43)17-25/h4-11,14,17,20-21,24,26,34H,1,12-13,15-16,18-19,22-23H2,2-3H3,(H,46,49)/t26-,34+/m1/s1. The number of benzene rings is 3. The van der Waals surface area contributed by atoms with E-state index in [1.165, 1.54) is 24.5 Å². The van der Waals surface area contributed by atoms with E-state index in [1.807, 2.05) is 38.1 Å². The molecule has 2 atom stereocenters. The zero-order chi connectivity index (χ0) is 35.9. The van der Waals surface area contributed by atoms with Gasteiger partial charge in [0.1, 0.15) is 23.5 Å². The Morgan fingerprint density at radius 2 is 1.84 bits per heavy atom. The van der Waals surface area contributed by atoms with E-state index in [9.17, 15) is 22.8 Å². The summed E-state index contributed by atoms with van der Waals surface area (Å²) < 4.78 is 48.8. The molecule has 1 N–H and O–H groups in total. The van der Waals surface area contributed by atoms with E-state index in [2.05, 4.69) is 26.8 Å². The van der Waals surface area contributed by atoms with Crippen LogP contribution in [0.1, 0.15) is 73.9 Å². The maximum absolute atomic E-state index is 14.8. The highest BCUT2D eigenvalue weighted by Gasteiger charge is 2.46. The van der Waals surface area contributed by atoms with Crippen molar-refractivity contribution in [2.24, 2.45) is 0 Å². The van der Waals surface area contributed by atoms with Gasteiger partial charge in [-0.25, -0.2) is 23.1 Å². The fourth-order valence-corrected chi connectivity index (χ4v) is 8.11. The first-order valence-electron chi connectivity index (χ1n) is 17.2. The van der Waals surface area contributed by atoms with Gasteiger partial charge >= 0.3 is 0 Å². The molecule has 3 aromatic carbocycles. The van der Waals surface area contributed by atoms with E-state index in [-0.39, 0.29) is 41.8 Å². The lowest BCUT2D eigenvalue weighted by Gasteiger charge is -2.43. The van der Waals surface area contributed by atoms with E-state index in [0.29, 0.717) is 35.7 Å². The van der Waals surface area contributed by atoms with Crippen molar-refractivity contribution in [2.75, 3.05) is 29.4 Å². The van der Waals surface area contributed by atoms with Gasteiger partial charge in [0, 0.05) is 37.5 Å². The molecular formula is C40H40F3N5O3. The molecule has 1 fully saturated rings. The number of amides is 2. The van der Waals surface area contributed by atoms with Crippen molar-refractivity contribution in [3.8, 4) is 5.75 Å². The van der Waals surface area contributed by atoms with Crippen molar-refractivity contribution >= 4 is 23.2 Å². The van der Waals surface area contributed by atoms with Crippen molar-refractivity contribution in [3.05, 3.63) is 126 Å². The molecule has 264 valence electrons. The lowest BCUT2D eigenvalue weighted by molar-refractivity contribution is -0.122. The van der Waals surface area contributed by atoms with Gasteiger partial charge in [0.25, 0.3) is 5.91 Å². The van der Waals surface area contributed by atoms with E-state index in [0.717, 1.165) is 54.9 Å². The molecule has 1 aliphatic carbocycles. The highest BCUT2D eigenvalue weighted by atomic mass is 19.2. The third-order valence-electron chi connectivity index (χ3n) is 10.5. The molecule has 0 unspecified atom stereocenters. The molecule has 2 aliphatic heterocycles. The van der Waals surface area contributed by atoms with Gasteiger partial charge in [0.2, 0.25) is 5.91 Å². The largest absolute Gasteiger partial charge is 0.484 e. The Kier molecular flexibility index (Phi) is 9.07. The third kappa shape index (κ3) is 6.94. The van der Waals surface area contributed by atoms with Crippen LogP contribution in [-0.2, 0) is 21.4 Å². The molecule has 0 radical (unpaired) electrons. The van der Waals surface area contributed by atoms with Crippen molar-refractivity contribution in [3.63, 3.8) is 0 Å². The van der Waals surface area contributed by atoms with Crippen molar-refractivity contribution in [1.29, 1.82) is 0 Å². The number of nitrogens with one attached hydrogen (secondary N) is 1. The van der Waals surface area contributed by atoms with Gasteiger partial charge in [-0.2, -0.15) is 0 Å². The smallest absolute Gasteiger partial charge is 0.250 e. The molecule has 51 heavy (non-hydrogen) atoms. The van der Waals surface area contributed by atoms with Crippen LogP contribution in [0.15, 0.2) is 85.8 Å². The molecule has 1 aromatic heterocycles. The van der Waals surface area contributed by atoms with Crippen LogP contribution in [0.2, 0.25) is 0 Å². The highest BCUT2D eigenvalue weighted by molar-refractivity contribution is 6.02. The topological polar surface area (TPSA) is 87.7 Å². The lowest BCUT2D eigenvalue weighted by Crippen LogP contribution is -2.49. The fourth-order valence-electron chi connectivity index (χ4n) is 8.11. The number of hydrogen-bond donors (Lipinski definition) is 1. The molecule has 0 bridgehead atoms. The molecule has 4 aromatic rings. The summed E-state index contributed by atoms with van der Waals surface area (Å²) in [5.74, 6) is -2.07. The van der Waals surface area contributed by atoms with E-state index in [4.69, 9.17) is 4.74 Å². The van der Waals surface area contributed by atoms with E-state index >= 15 is 0 Å². The molecule has 1 spiro atoms. The van der Waals surface area contributed by atoms with Crippen LogP contribution in [-0.4, -0.2) is 47.0 Å². The number of halogens is 3. The first-order chi connectivity index (χ1) is 24.4. The lowest BCUT2D eigenvalue weighted by atomic mass is 9.73. The number of fused-ring (bicyclic) bond motifs is 3. The summed E-state index contributed by atoms with van der Waals surface area (Å²) in [7, 11) is 0. The first-order valence-corrected chi connectivity index (χ1v) is 17.2. The predicted molar refractivity (Wildman–Crippen MR) is 188 cm³/mol. The normalized spacial score (nSPS) is 19.1. The van der Waals surface area contributed by atoms with Gasteiger partial charge < -0.3 is 19.9 Å². The van der Waals surface area contributed by atoms with Crippen LogP contribution in [0.25, 0.3) is 0 Å². The van der Waals surface area contributed by atoms with Crippen LogP contribution >= 0.6 is 0 Å². The van der Waals surface area contributed by atoms with Crippen LogP contribution in [0.5, 0.6) is 5.75 Å². The third-order valence-corrected chi connectivity index (χ3v) is 10.5. The van der Waals surface area contributed by atoms with Crippen molar-refractivity contribution in [1.82, 2.24) is 15.3 Å². The first kappa shape index (κ1) is 34.3. The number of carbonyl (C=O) groups excluding carboxylic acids is 2. The number of aromatic nitrogens is 2. The zero-order valence-corrected chi connectivity index (χ0v) is 28.7. The minimum absolute atomic E-state index is 0.130. The fraction of sp³-hybridized carbons (Fsp3) is 0.350. The maximum atomic E-state index is 14.8. The number of anilines is 2. The van der Waals surface area contributed by atoms with Crippen molar-refractivity contribution in [2.45, 2.75) is 68.9 Å². The van der Waals surface area contributed by atoms with E-state index in [1.54, 1.807) is 23.2 Å². The number of piperidine rings is 1. The predicted octanol–water partition coefficient (Wildman–Crippen LogP) is 7.10. The second-order valence-electron chi connectivity index (χ2n) is 14.5. The number of nitrogens with zero attached hydrogens (tertiary/aromatic N) is 4. The number of hydrogen-bond acceptors (Lipinski definition) is 6. The van der Waals surface area contributed by atoms with Gasteiger partial charge in [0.15, 0.2) is 11.6 Å². The molecular weight excluding hydrogens is 655 g/mol. The van der Waals surface area contributed by atoms with Gasteiger partial charge in [-0.1, -0.05) is 18.7 Å². The molecule has 7 rings (SSSR count). The Hall–Kier alpha value is -5.19. The Bertz CT molecular complexity index is 1980. The Morgan fingerprint density at radius 1 is 1.04 bits per heavy atom. The molecule has 2 amide bonds. The zero-order valence-electron chi connectivity index (χ0n) is 28.7. The number of rotatable bonds is 8. The van der Waals surface area contributed by atoms with E-state index < -0.39 is 23.3 Å². The maximum Gasteiger partial charge on any atom is 0.250 e. The Labute approximate surface area is 295 Å². The molecule has 11 heteroatoms. The summed E-state index contributed by atoms with van der Waals surface area (Å²) in [4.78, 5) is 38.6. The summed E-state index contributed by atoms with van der Waals surface area (Å²) >= 11 is 0. The quantitative estimate of drug-likeness (QED) is 0.198. The second kappa shape index (κ2) is 13.5. The van der Waals surface area contributed by atoms with Crippen LogP contribution in [0, 0.1) is 17.5 Å². The average molecular weight is 696 g/mol. The molecule has 3 heterocycles. The van der Waals surface area contributed by atoms with Crippen LogP contribution in [0.3, 0.4) is 0 Å². The molecule has 1 saturated heterocycles. The molecule has 8 nitrogen and oxygen atoms in total. The van der Waals surface area contributed by atoms with Gasteiger partial charge in [-0.3, -0.25) is 9.59 Å². The van der Waals surface area contributed by atoms with Gasteiger partial charge in [0.05, 0.1) is 24.0 Å². The van der Waals surface area contributed by atoms with Gasteiger partial charge in [-0.05, 0) is 116 Å². The highest BCUT2D eigenvalue weighted by Crippen LogP contribution is 2.53. The Balaban J connectivity index is 1.07. The molecule has 0 saturated carbocycles. The van der Waals surface area contributed by atoms with Gasteiger partial charge in [-0.15, -0.1) is 0 Å². The average Bonchev–Trinajstić information content (AvgIpc) is 3.39. The number of carbonyl (C=O) groups is 2. The summed E-state index contributed by atoms with van der Waals surface area (Å²) in [6.07, 6.45) is 6.90. The summed E-state index contributed by atoms with van der Waals surface area (Å²) in [6.45, 7) is 9.42. The van der Waals surface area contributed by atoms with Crippen LogP contribution in [0.4, 0.5) is 24.5 Å². The minimum Gasteiger partial charge on any atom is -0.484 e. The Morgan fingerprint density at radius 3 is 2.57 bits per heavy atom. The minimum atomic E-state index is -0.957. The summed E-state index contributed by atoms with van der Waals surface area (Å²) in [5.41, 5.74) is 3.85. The van der Waals surface area contributed by atoms with Crippen molar-refractivity contribution < 1.29 is 27.5 Å². The summed E-state index contributed by atoms with van der Waals surface area (Å²) in [6, 6.07) is 15.6.